The van der Waals surface area contributed by atoms with Crippen molar-refractivity contribution >= 4 is 11.9 Å². The molecule has 2 atom stereocenters. The highest BCUT2D eigenvalue weighted by atomic mass is 16.5. The number of carbonyl (C=O) groups is 2. The molecule has 0 bridgehead atoms. The highest BCUT2D eigenvalue weighted by Crippen LogP contribution is 2.33. The third-order valence-electron chi connectivity index (χ3n) is 5.87. The number of rotatable bonds is 8. The Kier molecular flexibility index (Phi) is 13.1. The number of carbonyl (C=O) groups excluding carboxylic acids is 2. The molecule has 5 nitrogen and oxygen atoms in total. The summed E-state index contributed by atoms with van der Waals surface area (Å²) >= 11 is 0. The van der Waals surface area contributed by atoms with Crippen LogP contribution in [0.3, 0.4) is 0 Å². The van der Waals surface area contributed by atoms with E-state index in [-0.39, 0.29) is 17.9 Å². The van der Waals surface area contributed by atoms with E-state index >= 15 is 0 Å². The fourth-order valence-corrected chi connectivity index (χ4v) is 3.86. The third kappa shape index (κ3) is 8.43. The molecule has 5 heteroatoms. The molecule has 198 valence electrons. The summed E-state index contributed by atoms with van der Waals surface area (Å²) in [6, 6.07) is 22.8. The van der Waals surface area contributed by atoms with Crippen LogP contribution in [-0.2, 0) is 15.0 Å². The Labute approximate surface area is 222 Å². The van der Waals surface area contributed by atoms with E-state index in [0.717, 1.165) is 22.3 Å². The Hall–Kier alpha value is -3.70. The van der Waals surface area contributed by atoms with Gasteiger partial charge in [-0.2, -0.15) is 0 Å². The minimum Gasteiger partial charge on any atom is -0.465 e. The fraction of sp³-hybridized carbons (Fsp3) is 0.312. The molecule has 3 aromatic carbocycles. The zero-order valence-electron chi connectivity index (χ0n) is 23.2. The fourth-order valence-electron chi connectivity index (χ4n) is 3.86. The highest BCUT2D eigenvalue weighted by Gasteiger charge is 2.26. The first-order valence-electron chi connectivity index (χ1n) is 12.7. The van der Waals surface area contributed by atoms with Crippen LogP contribution in [-0.4, -0.2) is 26.2 Å². The van der Waals surface area contributed by atoms with Crippen molar-refractivity contribution < 1.29 is 19.1 Å². The number of esters is 2. The smallest absolute Gasteiger partial charge is 0.337 e. The van der Waals surface area contributed by atoms with E-state index in [1.165, 1.54) is 14.2 Å². The van der Waals surface area contributed by atoms with Crippen LogP contribution < -0.4 is 5.73 Å². The van der Waals surface area contributed by atoms with E-state index in [9.17, 15) is 9.59 Å². The molecule has 0 radical (unpaired) electrons. The minimum atomic E-state index is -0.590. The normalized spacial score (nSPS) is 12.3. The van der Waals surface area contributed by atoms with Crippen molar-refractivity contribution in [1.29, 1.82) is 0 Å². The lowest BCUT2D eigenvalue weighted by atomic mass is 9.80. The van der Waals surface area contributed by atoms with Crippen LogP contribution >= 0.6 is 0 Å². The van der Waals surface area contributed by atoms with Gasteiger partial charge in [-0.25, -0.2) is 9.59 Å². The van der Waals surface area contributed by atoms with E-state index in [4.69, 9.17) is 15.2 Å². The largest absolute Gasteiger partial charge is 0.465 e. The molecule has 3 rings (SSSR count). The van der Waals surface area contributed by atoms with Crippen LogP contribution in [0.1, 0.15) is 78.8 Å². The molecule has 2 unspecified atom stereocenters. The summed E-state index contributed by atoms with van der Waals surface area (Å²) in [6.45, 7) is 14.0. The van der Waals surface area contributed by atoms with Crippen LogP contribution in [0.15, 0.2) is 85.5 Å². The lowest BCUT2D eigenvalue weighted by Gasteiger charge is -2.29. The topological polar surface area (TPSA) is 78.6 Å². The average molecular weight is 504 g/mol. The molecule has 0 aliphatic carbocycles. The standard InChI is InChI=1S/C28H29NO4.2C2H6/c1-5-19(20-6-10-23(11-7-20)26(30)32-3)18-28(2,29)25-16-14-22(15-17-25)21-8-12-24(13-9-21)27(31)33-4;2*1-2/h5-17,19H,1,18,29H2,2-4H3;2*1-2H3. The Morgan fingerprint density at radius 1 is 0.784 bits per heavy atom. The van der Waals surface area contributed by atoms with Gasteiger partial charge in [-0.3, -0.25) is 0 Å². The first-order chi connectivity index (χ1) is 17.8. The van der Waals surface area contributed by atoms with Gasteiger partial charge < -0.3 is 15.2 Å². The lowest BCUT2D eigenvalue weighted by Crippen LogP contribution is -2.34. The quantitative estimate of drug-likeness (QED) is 0.254. The van der Waals surface area contributed by atoms with Gasteiger partial charge in [0, 0.05) is 11.5 Å². The summed E-state index contributed by atoms with van der Waals surface area (Å²) in [4.78, 5) is 23.3. The molecule has 3 aromatic rings. The predicted molar refractivity (Wildman–Crippen MR) is 153 cm³/mol. The number of hydrogen-bond acceptors (Lipinski definition) is 5. The second-order valence-corrected chi connectivity index (χ2v) is 8.22. The van der Waals surface area contributed by atoms with Gasteiger partial charge in [0.15, 0.2) is 0 Å². The maximum Gasteiger partial charge on any atom is 0.337 e. The van der Waals surface area contributed by atoms with Crippen molar-refractivity contribution in [3.63, 3.8) is 0 Å². The summed E-state index contributed by atoms with van der Waals surface area (Å²) in [5.41, 5.74) is 11.3. The predicted octanol–water partition coefficient (Wildman–Crippen LogP) is 7.51. The first-order valence-corrected chi connectivity index (χ1v) is 12.7. The van der Waals surface area contributed by atoms with Gasteiger partial charge in [-0.15, -0.1) is 6.58 Å². The van der Waals surface area contributed by atoms with Gasteiger partial charge in [-0.05, 0) is 59.9 Å². The van der Waals surface area contributed by atoms with Crippen LogP contribution in [0, 0.1) is 0 Å². The SMILES string of the molecule is C=CC(CC(C)(N)c1ccc(-c2ccc(C(=O)OC)cc2)cc1)c1ccc(C(=O)OC)cc1.CC.CC. The summed E-state index contributed by atoms with van der Waals surface area (Å²) in [5, 5.41) is 0. The molecule has 37 heavy (non-hydrogen) atoms. The molecular weight excluding hydrogens is 462 g/mol. The zero-order valence-corrected chi connectivity index (χ0v) is 23.2. The van der Waals surface area contributed by atoms with Crippen molar-refractivity contribution in [2.75, 3.05) is 14.2 Å². The van der Waals surface area contributed by atoms with Gasteiger partial charge in [0.1, 0.15) is 0 Å². The molecule has 0 spiro atoms. The van der Waals surface area contributed by atoms with Gasteiger partial charge in [0.25, 0.3) is 0 Å². The van der Waals surface area contributed by atoms with Crippen LogP contribution in [0.2, 0.25) is 0 Å². The Bertz CT molecular complexity index is 1110. The average Bonchev–Trinajstić information content (AvgIpc) is 2.97. The summed E-state index contributed by atoms with van der Waals surface area (Å²) in [6.07, 6.45) is 2.54. The Morgan fingerprint density at radius 2 is 1.16 bits per heavy atom. The molecule has 0 fully saturated rings. The third-order valence-corrected chi connectivity index (χ3v) is 5.87. The second-order valence-electron chi connectivity index (χ2n) is 8.22. The maximum absolute atomic E-state index is 11.7. The van der Waals surface area contributed by atoms with E-state index in [0.29, 0.717) is 17.5 Å². The monoisotopic (exact) mass is 503 g/mol. The zero-order chi connectivity index (χ0) is 28.0. The van der Waals surface area contributed by atoms with Crippen LogP contribution in [0.4, 0.5) is 0 Å². The second kappa shape index (κ2) is 15.4. The van der Waals surface area contributed by atoms with E-state index in [1.54, 1.807) is 24.3 Å². The lowest BCUT2D eigenvalue weighted by molar-refractivity contribution is 0.0592. The molecular formula is C32H41NO4. The molecule has 2 N–H and O–H groups in total. The highest BCUT2D eigenvalue weighted by molar-refractivity contribution is 5.90. The van der Waals surface area contributed by atoms with E-state index in [2.05, 4.69) is 6.58 Å². The first kappa shape index (κ1) is 31.3. The number of benzene rings is 3. The maximum atomic E-state index is 11.7. The van der Waals surface area contributed by atoms with Crippen LogP contribution in [0.25, 0.3) is 11.1 Å². The molecule has 0 aliphatic rings. The molecule has 0 saturated carbocycles. The number of hydrogen-bond donors (Lipinski definition) is 1. The van der Waals surface area contributed by atoms with E-state index < -0.39 is 5.54 Å². The van der Waals surface area contributed by atoms with Crippen LogP contribution in [0.5, 0.6) is 0 Å². The molecule has 0 amide bonds. The molecule has 0 saturated heterocycles. The van der Waals surface area contributed by atoms with Crippen molar-refractivity contribution in [2.45, 2.75) is 52.5 Å². The van der Waals surface area contributed by atoms with Gasteiger partial charge in [0.05, 0.1) is 25.3 Å². The number of methoxy groups -OCH3 is 2. The molecule has 0 aliphatic heterocycles. The Balaban J connectivity index is 0.00000163. The summed E-state index contributed by atoms with van der Waals surface area (Å²) in [7, 11) is 2.73. The van der Waals surface area contributed by atoms with Gasteiger partial charge >= 0.3 is 11.9 Å². The van der Waals surface area contributed by atoms with Gasteiger partial charge in [0.2, 0.25) is 0 Å². The van der Waals surface area contributed by atoms with Crippen molar-refractivity contribution in [3.05, 3.63) is 108 Å². The number of nitrogens with two attached hydrogens (primary N) is 1. The van der Waals surface area contributed by atoms with E-state index in [1.807, 2.05) is 89.2 Å². The minimum absolute atomic E-state index is 0.0252. The molecule has 0 heterocycles. The van der Waals surface area contributed by atoms with Crippen molar-refractivity contribution in [2.24, 2.45) is 5.73 Å². The van der Waals surface area contributed by atoms with Crippen molar-refractivity contribution in [1.82, 2.24) is 0 Å². The summed E-state index contributed by atoms with van der Waals surface area (Å²) in [5.74, 6) is -0.690. The molecule has 0 aromatic heterocycles. The number of ether oxygens (including phenoxy) is 2. The Morgan fingerprint density at radius 3 is 1.54 bits per heavy atom. The summed E-state index contributed by atoms with van der Waals surface area (Å²) < 4.78 is 9.51. The number of allylic oxidation sites excluding steroid dienone is 1. The van der Waals surface area contributed by atoms with Crippen molar-refractivity contribution in [3.8, 4) is 11.1 Å². The van der Waals surface area contributed by atoms with Gasteiger partial charge in [-0.1, -0.05) is 82.3 Å².